The number of benzene rings is 2. The Hall–Kier alpha value is -0.747. The summed E-state index contributed by atoms with van der Waals surface area (Å²) in [4.78, 5) is 0. The average Bonchev–Trinajstić information content (AvgIpc) is 3.24. The van der Waals surface area contributed by atoms with Crippen molar-refractivity contribution >= 4 is 6.48 Å². The predicted octanol–water partition coefficient (Wildman–Crippen LogP) is 1.23. The summed E-state index contributed by atoms with van der Waals surface area (Å²) in [6.45, 7) is 18.9. The second kappa shape index (κ2) is 10.3. The zero-order chi connectivity index (χ0) is 21.8. The zero-order valence-corrected chi connectivity index (χ0v) is 24.8. The van der Waals surface area contributed by atoms with Crippen molar-refractivity contribution in [3.05, 3.63) is 73.6 Å². The molecule has 0 nitrogen and oxygen atoms in total. The van der Waals surface area contributed by atoms with E-state index in [1.807, 2.05) is 0 Å². The molecule has 2 aliphatic carbocycles. The van der Waals surface area contributed by atoms with E-state index in [0.29, 0.717) is 5.92 Å². The van der Waals surface area contributed by atoms with Crippen LogP contribution in [0, 0.1) is 25.2 Å². The molecule has 0 radical (unpaired) electrons. The van der Waals surface area contributed by atoms with Crippen molar-refractivity contribution in [3.8, 4) is 11.1 Å². The smallest absolute Gasteiger partial charge is 1.00 e. The quantitative estimate of drug-likeness (QED) is 0.464. The summed E-state index contributed by atoms with van der Waals surface area (Å²) in [6, 6.07) is 11.8. The molecule has 170 valence electrons. The first-order chi connectivity index (χ1) is 14.1. The molecule has 1 atom stereocenters. The maximum Gasteiger partial charge on any atom is -1.00 e. The van der Waals surface area contributed by atoms with E-state index >= 15 is 0 Å². The fourth-order valence-corrected chi connectivity index (χ4v) is 13.4. The van der Waals surface area contributed by atoms with Crippen LogP contribution in [0.1, 0.15) is 70.2 Å². The van der Waals surface area contributed by atoms with E-state index in [9.17, 15) is 0 Å². The molecule has 2 aliphatic rings. The molecule has 0 amide bonds. The van der Waals surface area contributed by atoms with Gasteiger partial charge in [-0.15, -0.1) is 0 Å². The van der Waals surface area contributed by atoms with Crippen LogP contribution in [0.4, 0.5) is 0 Å². The molecule has 1 unspecified atom stereocenters. The summed E-state index contributed by atoms with van der Waals surface area (Å²) in [5.74, 6) is 0.629. The Bertz CT molecular complexity index is 1120. The molecule has 4 rings (SSSR count). The van der Waals surface area contributed by atoms with E-state index in [1.54, 1.807) is 20.9 Å². The molecule has 0 fully saturated rings. The summed E-state index contributed by atoms with van der Waals surface area (Å²) in [6.07, 6.45) is 7.55. The standard InChI is InChI=1S/C15H13.C11H17.C3H6.2ClH.Zr/c1-10-3-5-14-12(7-10)9-13-8-11(2)4-6-15(13)14;1-5-9-6-7-10(8-9)11(2,3)4;1-3-2;;;/h3-7H,9H2,1-2H3;7-9H,5H2,1-4H3;1-2H3;2*1H;/q;;;;;+2/p-2. The number of fused-ring (bicyclic) bond motifs is 3. The van der Waals surface area contributed by atoms with Gasteiger partial charge < -0.3 is 24.8 Å². The Labute approximate surface area is 215 Å². The van der Waals surface area contributed by atoms with Gasteiger partial charge in [-0.05, 0) is 0 Å². The maximum absolute atomic E-state index is 2.63. The fourth-order valence-electron chi connectivity index (χ4n) is 5.24. The molecule has 0 heterocycles. The number of rotatable bonds is 3. The van der Waals surface area contributed by atoms with Gasteiger partial charge in [-0.1, -0.05) is 0 Å². The zero-order valence-electron chi connectivity index (χ0n) is 20.8. The minimum Gasteiger partial charge on any atom is -1.00 e. The van der Waals surface area contributed by atoms with E-state index in [2.05, 4.69) is 97.9 Å². The van der Waals surface area contributed by atoms with E-state index in [4.69, 9.17) is 0 Å². The van der Waals surface area contributed by atoms with Crippen LogP contribution in [0.3, 0.4) is 0 Å². The van der Waals surface area contributed by atoms with Gasteiger partial charge in [0.05, 0.1) is 0 Å². The minimum absolute atomic E-state index is 0. The van der Waals surface area contributed by atoms with E-state index in [-0.39, 0.29) is 30.2 Å². The molecule has 3 heteroatoms. The first-order valence-electron chi connectivity index (χ1n) is 11.5. The molecule has 0 N–H and O–H groups in total. The van der Waals surface area contributed by atoms with Crippen molar-refractivity contribution in [1.82, 2.24) is 0 Å². The van der Waals surface area contributed by atoms with Gasteiger partial charge in [-0.25, -0.2) is 0 Å². The Morgan fingerprint density at radius 1 is 1.00 bits per heavy atom. The SMILES string of the molecule is CCC1C=C(C(C)(C)C)C=[C]1[Zr+2](=[C](C)C)[c]1c(C)ccc2c1Cc1cc(C)ccc1-2.[Cl-].[Cl-]. The molecule has 32 heavy (non-hydrogen) atoms. The summed E-state index contributed by atoms with van der Waals surface area (Å²) in [5.41, 5.74) is 10.8. The van der Waals surface area contributed by atoms with Gasteiger partial charge in [0.15, 0.2) is 0 Å². The van der Waals surface area contributed by atoms with Gasteiger partial charge in [-0.2, -0.15) is 0 Å². The number of hydrogen-bond acceptors (Lipinski definition) is 0. The fraction of sp³-hybridized carbons (Fsp3) is 0.414. The summed E-state index contributed by atoms with van der Waals surface area (Å²) in [7, 11) is 0. The van der Waals surface area contributed by atoms with Gasteiger partial charge in [0, 0.05) is 0 Å². The first-order valence-corrected chi connectivity index (χ1v) is 15.1. The van der Waals surface area contributed by atoms with Crippen LogP contribution in [0.2, 0.25) is 0 Å². The number of hydrogen-bond donors (Lipinski definition) is 0. The topological polar surface area (TPSA) is 0 Å². The molecule has 0 aromatic heterocycles. The van der Waals surface area contributed by atoms with Crippen LogP contribution < -0.4 is 28.1 Å². The monoisotopic (exact) mass is 544 g/mol. The Morgan fingerprint density at radius 2 is 1.66 bits per heavy atom. The molecule has 0 aliphatic heterocycles. The average molecular weight is 547 g/mol. The molecule has 0 bridgehead atoms. The Morgan fingerprint density at radius 3 is 2.25 bits per heavy atom. The van der Waals surface area contributed by atoms with E-state index in [1.165, 1.54) is 34.2 Å². The van der Waals surface area contributed by atoms with Gasteiger partial charge >= 0.3 is 192 Å². The van der Waals surface area contributed by atoms with Crippen LogP contribution >= 0.6 is 0 Å². The molecule has 0 saturated carbocycles. The second-order valence-corrected chi connectivity index (χ2v) is 17.4. The summed E-state index contributed by atoms with van der Waals surface area (Å²) >= 11 is -2.16. The molecule has 0 spiro atoms. The van der Waals surface area contributed by atoms with Gasteiger partial charge in [0.25, 0.3) is 0 Å². The largest absolute Gasteiger partial charge is 1.00 e. The van der Waals surface area contributed by atoms with Crippen LogP contribution in [-0.4, -0.2) is 3.21 Å². The van der Waals surface area contributed by atoms with E-state index in [0.717, 1.165) is 6.42 Å². The third-order valence-electron chi connectivity index (χ3n) is 6.88. The van der Waals surface area contributed by atoms with Crippen LogP contribution in [0.5, 0.6) is 0 Å². The molecular weight excluding hydrogens is 510 g/mol. The summed E-state index contributed by atoms with van der Waals surface area (Å²) in [5, 5.41) is 0. The van der Waals surface area contributed by atoms with Gasteiger partial charge in [0.2, 0.25) is 0 Å². The normalized spacial score (nSPS) is 16.0. The van der Waals surface area contributed by atoms with E-state index < -0.39 is 21.3 Å². The van der Waals surface area contributed by atoms with Crippen molar-refractivity contribution in [3.63, 3.8) is 0 Å². The molecular formula is C29H36Cl2Zr. The molecule has 0 saturated heterocycles. The van der Waals surface area contributed by atoms with Crippen molar-refractivity contribution < 1.29 is 46.1 Å². The third kappa shape index (κ3) is 4.87. The number of allylic oxidation sites excluding steroid dienone is 4. The Kier molecular flexibility index (Phi) is 8.81. The van der Waals surface area contributed by atoms with Crippen LogP contribution in [-0.2, 0) is 27.7 Å². The van der Waals surface area contributed by atoms with Crippen LogP contribution in [0.15, 0.2) is 51.3 Å². The van der Waals surface area contributed by atoms with Gasteiger partial charge in [0.1, 0.15) is 0 Å². The number of aryl methyl sites for hydroxylation is 2. The van der Waals surface area contributed by atoms with Crippen molar-refractivity contribution in [2.45, 2.75) is 68.2 Å². The maximum atomic E-state index is 2.63. The minimum atomic E-state index is -2.16. The number of halogens is 2. The van der Waals surface area contributed by atoms with Crippen molar-refractivity contribution in [2.24, 2.45) is 11.3 Å². The molecule has 2 aromatic carbocycles. The van der Waals surface area contributed by atoms with Crippen molar-refractivity contribution in [1.29, 1.82) is 0 Å². The van der Waals surface area contributed by atoms with Gasteiger partial charge in [-0.3, -0.25) is 0 Å². The third-order valence-corrected chi connectivity index (χ3v) is 15.0. The van der Waals surface area contributed by atoms with Crippen LogP contribution in [0.25, 0.3) is 11.1 Å². The van der Waals surface area contributed by atoms with Crippen molar-refractivity contribution in [2.75, 3.05) is 0 Å². The summed E-state index contributed by atoms with van der Waals surface area (Å²) < 4.78 is 5.26. The Balaban J connectivity index is 0.00000181. The second-order valence-electron chi connectivity index (χ2n) is 10.5. The molecule has 2 aromatic rings. The predicted molar refractivity (Wildman–Crippen MR) is 130 cm³/mol. The first kappa shape index (κ1) is 27.5.